The summed E-state index contributed by atoms with van der Waals surface area (Å²) in [4.78, 5) is 19.7. The van der Waals surface area contributed by atoms with Gasteiger partial charge in [-0.3, -0.25) is 0 Å². The Morgan fingerprint density at radius 3 is 2.84 bits per heavy atom. The summed E-state index contributed by atoms with van der Waals surface area (Å²) in [6.45, 7) is 5.70. The van der Waals surface area contributed by atoms with Gasteiger partial charge in [-0.2, -0.15) is 0 Å². The summed E-state index contributed by atoms with van der Waals surface area (Å²) in [5.74, 6) is -0.0751. The third-order valence-electron chi connectivity index (χ3n) is 2.59. The monoisotopic (exact) mass is 268 g/mol. The normalized spacial score (nSPS) is 13.7. The molecule has 0 aliphatic heterocycles. The van der Waals surface area contributed by atoms with Crippen molar-refractivity contribution in [3.8, 4) is 0 Å². The molecule has 0 aliphatic carbocycles. The molecule has 1 heterocycles. The van der Waals surface area contributed by atoms with Crippen LogP contribution < -0.4 is 11.1 Å². The lowest BCUT2D eigenvalue weighted by molar-refractivity contribution is 0.0524. The highest BCUT2D eigenvalue weighted by Crippen LogP contribution is 2.08. The fourth-order valence-electron chi connectivity index (χ4n) is 1.34. The highest BCUT2D eigenvalue weighted by Gasteiger charge is 2.13. The van der Waals surface area contributed by atoms with Crippen molar-refractivity contribution >= 4 is 11.9 Å². The third kappa shape index (κ3) is 4.46. The van der Waals surface area contributed by atoms with E-state index in [1.165, 1.54) is 6.20 Å². The van der Waals surface area contributed by atoms with E-state index in [0.29, 0.717) is 30.4 Å². The van der Waals surface area contributed by atoms with E-state index in [-0.39, 0.29) is 0 Å². The van der Waals surface area contributed by atoms with Crippen molar-refractivity contribution < 1.29 is 14.6 Å². The molecule has 0 spiro atoms. The van der Waals surface area contributed by atoms with Gasteiger partial charge in [-0.1, -0.05) is 0 Å². The van der Waals surface area contributed by atoms with Gasteiger partial charge in [0.05, 0.1) is 24.0 Å². The fourth-order valence-corrected chi connectivity index (χ4v) is 1.34. The molecule has 7 nitrogen and oxygen atoms in total. The number of nitrogens with zero attached hydrogens (tertiary/aromatic N) is 2. The van der Waals surface area contributed by atoms with Gasteiger partial charge in [0.25, 0.3) is 0 Å². The molecule has 1 rings (SSSR count). The second kappa shape index (κ2) is 7.01. The molecule has 0 aromatic carbocycles. The number of carbonyl (C=O) groups is 1. The lowest BCUT2D eigenvalue weighted by Gasteiger charge is -2.15. The fraction of sp³-hybridized carbons (Fsp3) is 0.583. The molecular formula is C12H20N4O3. The van der Waals surface area contributed by atoms with Gasteiger partial charge in [0.2, 0.25) is 5.95 Å². The van der Waals surface area contributed by atoms with Crippen LogP contribution in [0.3, 0.4) is 0 Å². The highest BCUT2D eigenvalue weighted by molar-refractivity contribution is 5.90. The molecule has 0 radical (unpaired) electrons. The summed E-state index contributed by atoms with van der Waals surface area (Å²) in [6, 6.07) is -0.409. The maximum atomic E-state index is 11.6. The molecular weight excluding hydrogens is 248 g/mol. The Morgan fingerprint density at radius 1 is 1.63 bits per heavy atom. The Hall–Kier alpha value is -1.73. The molecule has 19 heavy (non-hydrogen) atoms. The highest BCUT2D eigenvalue weighted by atomic mass is 16.5. The molecule has 1 aromatic rings. The molecule has 0 aliphatic rings. The van der Waals surface area contributed by atoms with Crippen molar-refractivity contribution in [2.75, 3.05) is 18.5 Å². The maximum Gasteiger partial charge on any atom is 0.341 e. The molecule has 2 atom stereocenters. The van der Waals surface area contributed by atoms with Crippen LogP contribution in [0, 0.1) is 6.92 Å². The molecule has 0 amide bonds. The number of aliphatic hydroxyl groups is 1. The Morgan fingerprint density at radius 2 is 2.32 bits per heavy atom. The smallest absolute Gasteiger partial charge is 0.341 e. The number of aryl methyl sites for hydroxylation is 1. The molecule has 4 N–H and O–H groups in total. The molecule has 0 fully saturated rings. The van der Waals surface area contributed by atoms with Gasteiger partial charge in [-0.25, -0.2) is 14.8 Å². The first kappa shape index (κ1) is 15.3. The number of aliphatic hydroxyl groups excluding tert-OH is 1. The van der Waals surface area contributed by atoms with Gasteiger partial charge in [-0.15, -0.1) is 0 Å². The van der Waals surface area contributed by atoms with Crippen LogP contribution in [0.2, 0.25) is 0 Å². The van der Waals surface area contributed by atoms with Crippen LogP contribution in [0.4, 0.5) is 5.95 Å². The van der Waals surface area contributed by atoms with Crippen LogP contribution in [0.1, 0.15) is 29.9 Å². The molecule has 0 saturated carbocycles. The minimum Gasteiger partial charge on any atom is -0.462 e. The van der Waals surface area contributed by atoms with E-state index >= 15 is 0 Å². The van der Waals surface area contributed by atoms with Gasteiger partial charge in [-0.05, 0) is 20.8 Å². The average Bonchev–Trinajstić information content (AvgIpc) is 2.36. The lowest BCUT2D eigenvalue weighted by atomic mass is 10.2. The molecule has 1 aromatic heterocycles. The van der Waals surface area contributed by atoms with Crippen LogP contribution in [0.25, 0.3) is 0 Å². The number of esters is 1. The zero-order valence-corrected chi connectivity index (χ0v) is 11.4. The van der Waals surface area contributed by atoms with E-state index in [0.717, 1.165) is 0 Å². The van der Waals surface area contributed by atoms with E-state index in [9.17, 15) is 9.90 Å². The molecule has 7 heteroatoms. The van der Waals surface area contributed by atoms with Crippen LogP contribution in [-0.4, -0.2) is 46.3 Å². The maximum absolute atomic E-state index is 11.6. The number of aromatic nitrogens is 2. The zero-order valence-electron chi connectivity index (χ0n) is 11.4. The zero-order chi connectivity index (χ0) is 14.4. The van der Waals surface area contributed by atoms with Gasteiger partial charge in [0.15, 0.2) is 0 Å². The standard InChI is InChI=1S/C12H20N4O3/c1-4-19-11(18)9-5-14-12(16-7(9)2)15-6-10(13)8(3)17/h5,8,10,17H,4,6,13H2,1-3H3,(H,14,15,16). The Balaban J connectivity index is 2.69. The molecule has 0 bridgehead atoms. The number of carbonyl (C=O) groups excluding carboxylic acids is 1. The van der Waals surface area contributed by atoms with Crippen molar-refractivity contribution in [3.63, 3.8) is 0 Å². The van der Waals surface area contributed by atoms with Crippen molar-refractivity contribution in [3.05, 3.63) is 17.5 Å². The van der Waals surface area contributed by atoms with Crippen LogP contribution >= 0.6 is 0 Å². The Bertz CT molecular complexity index is 437. The average molecular weight is 268 g/mol. The number of anilines is 1. The SMILES string of the molecule is CCOC(=O)c1cnc(NCC(N)C(C)O)nc1C. The first-order valence-electron chi connectivity index (χ1n) is 6.14. The van der Waals surface area contributed by atoms with E-state index in [1.54, 1.807) is 20.8 Å². The van der Waals surface area contributed by atoms with Gasteiger partial charge < -0.3 is 20.9 Å². The second-order valence-corrected chi connectivity index (χ2v) is 4.20. The van der Waals surface area contributed by atoms with Gasteiger partial charge in [0.1, 0.15) is 0 Å². The van der Waals surface area contributed by atoms with Gasteiger partial charge in [0, 0.05) is 18.8 Å². The number of hydrogen-bond donors (Lipinski definition) is 3. The summed E-state index contributed by atoms with van der Waals surface area (Å²) >= 11 is 0. The lowest BCUT2D eigenvalue weighted by Crippen LogP contribution is -2.39. The topological polar surface area (TPSA) is 110 Å². The summed E-state index contributed by atoms with van der Waals surface area (Å²) in [6.07, 6.45) is 0.795. The summed E-state index contributed by atoms with van der Waals surface area (Å²) in [5, 5.41) is 12.2. The molecule has 2 unspecified atom stereocenters. The van der Waals surface area contributed by atoms with Crippen LogP contribution in [0.15, 0.2) is 6.20 Å². The predicted molar refractivity (Wildman–Crippen MR) is 70.9 cm³/mol. The van der Waals surface area contributed by atoms with Crippen molar-refractivity contribution in [2.24, 2.45) is 5.73 Å². The molecule has 0 saturated heterocycles. The Labute approximate surface area is 112 Å². The summed E-state index contributed by atoms with van der Waals surface area (Å²) < 4.78 is 4.89. The summed E-state index contributed by atoms with van der Waals surface area (Å²) in [5.41, 5.74) is 6.55. The van der Waals surface area contributed by atoms with Crippen molar-refractivity contribution in [1.82, 2.24) is 9.97 Å². The summed E-state index contributed by atoms with van der Waals surface area (Å²) in [7, 11) is 0. The largest absolute Gasteiger partial charge is 0.462 e. The van der Waals surface area contributed by atoms with E-state index in [1.807, 2.05) is 0 Å². The first-order valence-corrected chi connectivity index (χ1v) is 6.14. The number of nitrogens with two attached hydrogens (primary N) is 1. The minimum atomic E-state index is -0.618. The second-order valence-electron chi connectivity index (χ2n) is 4.20. The number of nitrogens with one attached hydrogen (secondary N) is 1. The van der Waals surface area contributed by atoms with Gasteiger partial charge >= 0.3 is 5.97 Å². The van der Waals surface area contributed by atoms with Crippen LogP contribution in [-0.2, 0) is 4.74 Å². The first-order chi connectivity index (χ1) is 8.95. The van der Waals surface area contributed by atoms with E-state index in [2.05, 4.69) is 15.3 Å². The third-order valence-corrected chi connectivity index (χ3v) is 2.59. The minimum absolute atomic E-state index is 0.307. The number of ether oxygens (including phenoxy) is 1. The number of hydrogen-bond acceptors (Lipinski definition) is 7. The van der Waals surface area contributed by atoms with E-state index in [4.69, 9.17) is 10.5 Å². The predicted octanol–water partition coefficient (Wildman–Crippen LogP) is 0.0817. The quantitative estimate of drug-likeness (QED) is 0.627. The van der Waals surface area contributed by atoms with Crippen LogP contribution in [0.5, 0.6) is 0 Å². The molecule has 106 valence electrons. The van der Waals surface area contributed by atoms with Crippen molar-refractivity contribution in [2.45, 2.75) is 32.9 Å². The number of rotatable bonds is 6. The Kier molecular flexibility index (Phi) is 5.65. The van der Waals surface area contributed by atoms with E-state index < -0.39 is 18.1 Å². The van der Waals surface area contributed by atoms with Crippen molar-refractivity contribution in [1.29, 1.82) is 0 Å².